The van der Waals surface area contributed by atoms with Gasteiger partial charge in [-0.15, -0.1) is 0 Å². The van der Waals surface area contributed by atoms with E-state index >= 15 is 0 Å². The van der Waals surface area contributed by atoms with E-state index in [2.05, 4.69) is 35.4 Å². The fourth-order valence-electron chi connectivity index (χ4n) is 3.11. The van der Waals surface area contributed by atoms with Gasteiger partial charge in [0.15, 0.2) is 0 Å². The highest BCUT2D eigenvalue weighted by atomic mass is 16.5. The highest BCUT2D eigenvalue weighted by molar-refractivity contribution is 6.11. The molecule has 5 N–H and O–H groups in total. The smallest absolute Gasteiger partial charge is 0.337 e. The van der Waals surface area contributed by atoms with E-state index in [0.29, 0.717) is 5.69 Å². The van der Waals surface area contributed by atoms with Crippen LogP contribution in [0.1, 0.15) is 32.7 Å². The average Bonchev–Trinajstić information content (AvgIpc) is 3.16. The molecule has 0 aliphatic carbocycles. The van der Waals surface area contributed by atoms with Crippen molar-refractivity contribution in [2.24, 2.45) is 15.7 Å². The number of amides is 2. The zero-order chi connectivity index (χ0) is 25.5. The number of nitrogens with two attached hydrogens (primary N) is 1. The molecule has 2 aromatic rings. The van der Waals surface area contributed by atoms with E-state index in [0.717, 1.165) is 5.56 Å². The van der Waals surface area contributed by atoms with Gasteiger partial charge in [-0.25, -0.2) is 14.6 Å². The summed E-state index contributed by atoms with van der Waals surface area (Å²) in [4.78, 5) is 56.8. The molecule has 1 unspecified atom stereocenters. The molecule has 12 nitrogen and oxygen atoms in total. The summed E-state index contributed by atoms with van der Waals surface area (Å²) in [6.45, 7) is 1.95. The molecular weight excluding hydrogens is 456 g/mol. The lowest BCUT2D eigenvalue weighted by atomic mass is 10.1. The van der Waals surface area contributed by atoms with E-state index in [4.69, 9.17) is 5.73 Å². The number of carbonyl (C=O) groups is 4. The van der Waals surface area contributed by atoms with Gasteiger partial charge in [0.1, 0.15) is 6.04 Å². The molecule has 35 heavy (non-hydrogen) atoms. The minimum atomic E-state index is -1.04. The number of esters is 2. The third-order valence-electron chi connectivity index (χ3n) is 4.80. The Hall–Kier alpha value is -4.74. The lowest BCUT2D eigenvalue weighted by Crippen LogP contribution is -2.32. The van der Waals surface area contributed by atoms with Crippen molar-refractivity contribution in [2.75, 3.05) is 24.9 Å². The molecule has 0 saturated carbocycles. The number of benzene rings is 2. The Labute approximate surface area is 200 Å². The van der Waals surface area contributed by atoms with Gasteiger partial charge >= 0.3 is 11.9 Å². The van der Waals surface area contributed by atoms with Crippen molar-refractivity contribution in [3.05, 3.63) is 59.2 Å². The van der Waals surface area contributed by atoms with Crippen LogP contribution < -0.4 is 21.7 Å². The standard InChI is InChI=1S/C23H24N6O6/c1-12-4-6-15(7-5-12)26-22(24)29-23-27-17(19(31)28-23)11-18(30)25-16-9-13(20(32)34-2)8-14(10-16)21(33)35-3/h4-10,17H,11H2,1-3H3,(H,25,30)(H4,24,26,27,28,29,31). The zero-order valence-electron chi connectivity index (χ0n) is 19.2. The summed E-state index contributed by atoms with van der Waals surface area (Å²) in [5, 5.41) is 7.89. The summed E-state index contributed by atoms with van der Waals surface area (Å²) in [6.07, 6.45) is -0.313. The van der Waals surface area contributed by atoms with E-state index in [1.165, 1.54) is 32.4 Å². The van der Waals surface area contributed by atoms with Crippen LogP contribution in [0.15, 0.2) is 52.4 Å². The van der Waals surface area contributed by atoms with Crippen molar-refractivity contribution in [2.45, 2.75) is 19.4 Å². The lowest BCUT2D eigenvalue weighted by Gasteiger charge is -2.10. The summed E-state index contributed by atoms with van der Waals surface area (Å²) in [5.74, 6) is -2.54. The van der Waals surface area contributed by atoms with Crippen LogP contribution >= 0.6 is 0 Å². The van der Waals surface area contributed by atoms with E-state index < -0.39 is 29.8 Å². The van der Waals surface area contributed by atoms with Crippen molar-refractivity contribution in [3.63, 3.8) is 0 Å². The second-order valence-corrected chi connectivity index (χ2v) is 7.48. The molecule has 0 bridgehead atoms. The van der Waals surface area contributed by atoms with Crippen LogP contribution in [0.4, 0.5) is 11.4 Å². The first-order valence-corrected chi connectivity index (χ1v) is 10.4. The Bertz CT molecular complexity index is 1190. The van der Waals surface area contributed by atoms with Crippen LogP contribution in [0.25, 0.3) is 0 Å². The maximum atomic E-state index is 12.5. The van der Waals surface area contributed by atoms with Crippen molar-refractivity contribution >= 4 is 47.0 Å². The first-order chi connectivity index (χ1) is 16.7. The van der Waals surface area contributed by atoms with Crippen molar-refractivity contribution in [1.29, 1.82) is 0 Å². The van der Waals surface area contributed by atoms with E-state index in [1.807, 2.05) is 31.2 Å². The summed E-state index contributed by atoms with van der Waals surface area (Å²) in [7, 11) is 2.37. The summed E-state index contributed by atoms with van der Waals surface area (Å²) in [5.41, 5.74) is 7.88. The molecule has 1 atom stereocenters. The number of hydrogen-bond acceptors (Lipinski definition) is 8. The molecule has 2 aromatic carbocycles. The summed E-state index contributed by atoms with van der Waals surface area (Å²) in [6, 6.07) is 10.3. The number of anilines is 2. The number of guanidine groups is 2. The maximum absolute atomic E-state index is 12.5. The number of hydrogen-bond donors (Lipinski definition) is 4. The molecule has 1 aliphatic heterocycles. The van der Waals surface area contributed by atoms with Crippen molar-refractivity contribution < 1.29 is 28.7 Å². The van der Waals surface area contributed by atoms with Crippen LogP contribution in [-0.2, 0) is 19.1 Å². The number of methoxy groups -OCH3 is 2. The molecule has 1 aliphatic rings. The third-order valence-corrected chi connectivity index (χ3v) is 4.80. The molecule has 0 spiro atoms. The van der Waals surface area contributed by atoms with E-state index in [9.17, 15) is 19.2 Å². The minimum Gasteiger partial charge on any atom is -0.465 e. The topological polar surface area (TPSA) is 174 Å². The molecule has 0 aromatic heterocycles. The molecule has 0 saturated heterocycles. The highest BCUT2D eigenvalue weighted by Gasteiger charge is 2.29. The number of ether oxygens (including phenoxy) is 2. The molecule has 3 rings (SSSR count). The molecule has 182 valence electrons. The Balaban J connectivity index is 1.68. The van der Waals surface area contributed by atoms with Gasteiger partial charge in [0, 0.05) is 11.4 Å². The molecule has 12 heteroatoms. The minimum absolute atomic E-state index is 0.00738. The van der Waals surface area contributed by atoms with Crippen LogP contribution in [0.3, 0.4) is 0 Å². The van der Waals surface area contributed by atoms with Gasteiger partial charge in [-0.1, -0.05) is 17.7 Å². The maximum Gasteiger partial charge on any atom is 0.337 e. The number of nitrogens with one attached hydrogen (secondary N) is 3. The largest absolute Gasteiger partial charge is 0.465 e. The van der Waals surface area contributed by atoms with Gasteiger partial charge in [0.05, 0.1) is 31.8 Å². The first kappa shape index (κ1) is 24.9. The highest BCUT2D eigenvalue weighted by Crippen LogP contribution is 2.18. The van der Waals surface area contributed by atoms with Crippen LogP contribution in [0.2, 0.25) is 0 Å². The quantitative estimate of drug-likeness (QED) is 0.271. The Kier molecular flexibility index (Phi) is 7.77. The normalized spacial score (nSPS) is 15.1. The molecular formula is C23H24N6O6. The van der Waals surface area contributed by atoms with Gasteiger partial charge in [-0.3, -0.25) is 14.9 Å². The fraction of sp³-hybridized carbons (Fsp3) is 0.217. The second kappa shape index (κ2) is 10.9. The Morgan fingerprint density at radius 2 is 1.60 bits per heavy atom. The fourth-order valence-corrected chi connectivity index (χ4v) is 3.11. The summed E-state index contributed by atoms with van der Waals surface area (Å²) < 4.78 is 9.34. The monoisotopic (exact) mass is 480 g/mol. The van der Waals surface area contributed by atoms with Crippen molar-refractivity contribution in [3.8, 4) is 0 Å². The number of rotatable bonds is 6. The molecule has 0 radical (unpaired) electrons. The SMILES string of the molecule is COC(=O)c1cc(NC(=O)CC2N=C(/N=C(\N)Nc3ccc(C)cc3)NC2=O)cc(C(=O)OC)c1. The van der Waals surface area contributed by atoms with Gasteiger partial charge in [0.25, 0.3) is 5.91 Å². The molecule has 0 fully saturated rings. The number of carbonyl (C=O) groups excluding carboxylic acids is 4. The predicted molar refractivity (Wildman–Crippen MR) is 128 cm³/mol. The first-order valence-electron chi connectivity index (χ1n) is 10.4. The van der Waals surface area contributed by atoms with E-state index in [1.54, 1.807) is 0 Å². The van der Waals surface area contributed by atoms with Gasteiger partial charge in [0.2, 0.25) is 17.8 Å². The number of aryl methyl sites for hydroxylation is 1. The van der Waals surface area contributed by atoms with Crippen LogP contribution in [0, 0.1) is 6.92 Å². The van der Waals surface area contributed by atoms with Gasteiger partial charge < -0.3 is 25.8 Å². The second-order valence-electron chi connectivity index (χ2n) is 7.48. The Morgan fingerprint density at radius 1 is 1.00 bits per heavy atom. The van der Waals surface area contributed by atoms with Crippen molar-refractivity contribution in [1.82, 2.24) is 5.32 Å². The summed E-state index contributed by atoms with van der Waals surface area (Å²) >= 11 is 0. The van der Waals surface area contributed by atoms with E-state index in [-0.39, 0.29) is 35.2 Å². The van der Waals surface area contributed by atoms with Crippen LogP contribution in [-0.4, -0.2) is 55.9 Å². The zero-order valence-corrected chi connectivity index (χ0v) is 19.2. The van der Waals surface area contributed by atoms with Gasteiger partial charge in [-0.05, 0) is 37.3 Å². The average molecular weight is 480 g/mol. The number of aliphatic imine (C=N–C) groups is 2. The van der Waals surface area contributed by atoms with Gasteiger partial charge in [-0.2, -0.15) is 4.99 Å². The molecule has 2 amide bonds. The Morgan fingerprint density at radius 3 is 2.17 bits per heavy atom. The molecule has 1 heterocycles. The lowest BCUT2D eigenvalue weighted by molar-refractivity contribution is -0.123. The predicted octanol–water partition coefficient (Wildman–Crippen LogP) is 1.18. The van der Waals surface area contributed by atoms with Crippen LogP contribution in [0.5, 0.6) is 0 Å². The number of nitrogens with zero attached hydrogens (tertiary/aromatic N) is 2. The third kappa shape index (κ3) is 6.63.